The molecule has 0 spiro atoms. The topological polar surface area (TPSA) is 60.9 Å². The normalized spacial score (nSPS) is 19.9. The molecular weight excluding hydrogens is 376 g/mol. The second-order valence-corrected chi connectivity index (χ2v) is 8.42. The fourth-order valence-corrected chi connectivity index (χ4v) is 4.34. The first-order chi connectivity index (χ1) is 14.5. The maximum absolute atomic E-state index is 13.6. The Hall–Kier alpha value is -2.92. The highest BCUT2D eigenvalue weighted by molar-refractivity contribution is 6.45. The van der Waals surface area contributed by atoms with Crippen LogP contribution in [0.5, 0.6) is 0 Å². The Bertz CT molecular complexity index is 964. The van der Waals surface area contributed by atoms with Crippen molar-refractivity contribution < 1.29 is 14.7 Å². The quantitative estimate of drug-likeness (QED) is 0.770. The molecule has 1 saturated heterocycles. The van der Waals surface area contributed by atoms with Crippen molar-refractivity contribution in [1.82, 2.24) is 4.90 Å². The first-order valence-electron chi connectivity index (χ1n) is 10.7. The van der Waals surface area contributed by atoms with Crippen LogP contribution in [0.4, 0.5) is 5.69 Å². The van der Waals surface area contributed by atoms with Gasteiger partial charge in [-0.15, -0.1) is 0 Å². The van der Waals surface area contributed by atoms with Crippen LogP contribution in [0.15, 0.2) is 60.3 Å². The number of piperidine rings is 1. The number of carbonyl (C=O) groups excluding carboxylic acids is 2. The summed E-state index contributed by atoms with van der Waals surface area (Å²) in [6.45, 7) is 5.61. The van der Waals surface area contributed by atoms with Crippen molar-refractivity contribution in [3.8, 4) is 0 Å². The number of imide groups is 1. The van der Waals surface area contributed by atoms with Crippen molar-refractivity contribution in [1.29, 1.82) is 0 Å². The molecule has 2 heterocycles. The zero-order chi connectivity index (χ0) is 21.3. The summed E-state index contributed by atoms with van der Waals surface area (Å²) in [5, 5.41) is 9.65. The summed E-state index contributed by atoms with van der Waals surface area (Å²) >= 11 is 0. The molecule has 1 atom stereocenters. The molecule has 5 heteroatoms. The minimum atomic E-state index is -0.287. The van der Waals surface area contributed by atoms with Gasteiger partial charge in [0.05, 0.1) is 11.3 Å². The predicted octanol–water partition coefficient (Wildman–Crippen LogP) is 3.80. The molecule has 2 aliphatic heterocycles. The first kappa shape index (κ1) is 20.4. The fraction of sp³-hybridized carbons (Fsp3) is 0.360. The zero-order valence-corrected chi connectivity index (χ0v) is 17.5. The Labute approximate surface area is 177 Å². The van der Waals surface area contributed by atoms with Crippen molar-refractivity contribution in [3.63, 3.8) is 0 Å². The summed E-state index contributed by atoms with van der Waals surface area (Å²) < 4.78 is 0. The Morgan fingerprint density at radius 2 is 1.70 bits per heavy atom. The van der Waals surface area contributed by atoms with Gasteiger partial charge in [-0.05, 0) is 47.9 Å². The molecule has 2 aromatic rings. The second-order valence-electron chi connectivity index (χ2n) is 8.42. The highest BCUT2D eigenvalue weighted by Crippen LogP contribution is 2.36. The lowest BCUT2D eigenvalue weighted by molar-refractivity contribution is -0.120. The number of amides is 2. The van der Waals surface area contributed by atoms with Gasteiger partial charge in [-0.1, -0.05) is 56.3 Å². The van der Waals surface area contributed by atoms with Crippen LogP contribution in [0, 0.1) is 5.92 Å². The van der Waals surface area contributed by atoms with Gasteiger partial charge in [0.2, 0.25) is 0 Å². The second kappa shape index (κ2) is 8.44. The molecule has 2 aromatic carbocycles. The van der Waals surface area contributed by atoms with E-state index in [2.05, 4.69) is 13.8 Å². The van der Waals surface area contributed by atoms with Gasteiger partial charge in [0.25, 0.3) is 11.8 Å². The van der Waals surface area contributed by atoms with Gasteiger partial charge in [0.15, 0.2) is 0 Å². The summed E-state index contributed by atoms with van der Waals surface area (Å²) in [5.41, 5.74) is 3.41. The Balaban J connectivity index is 1.76. The molecule has 30 heavy (non-hydrogen) atoms. The number of hydrogen-bond donors (Lipinski definition) is 1. The molecule has 1 fully saturated rings. The highest BCUT2D eigenvalue weighted by Gasteiger charge is 2.43. The van der Waals surface area contributed by atoms with Crippen molar-refractivity contribution in [2.45, 2.75) is 32.6 Å². The lowest BCUT2D eigenvalue weighted by Crippen LogP contribution is -2.40. The minimum Gasteiger partial charge on any atom is -0.396 e. The van der Waals surface area contributed by atoms with Crippen LogP contribution >= 0.6 is 0 Å². The molecule has 1 N–H and O–H groups in total. The van der Waals surface area contributed by atoms with E-state index >= 15 is 0 Å². The van der Waals surface area contributed by atoms with Crippen LogP contribution < -0.4 is 4.90 Å². The van der Waals surface area contributed by atoms with E-state index in [9.17, 15) is 14.7 Å². The smallest absolute Gasteiger partial charge is 0.282 e. The predicted molar refractivity (Wildman–Crippen MR) is 118 cm³/mol. The van der Waals surface area contributed by atoms with E-state index in [0.29, 0.717) is 36.0 Å². The SMILES string of the molecule is CC(C)c1ccc(N2C(=O)C(c3ccccc3)=C(N3CCCC(CO)C3)C2=O)cc1. The number of rotatable bonds is 5. The standard InChI is InChI=1S/C25H28N2O3/c1-17(2)19-10-12-21(13-11-19)27-24(29)22(20-8-4-3-5-9-20)23(25(27)30)26-14-6-7-18(15-26)16-28/h3-5,8-13,17-18,28H,6-7,14-16H2,1-2H3. The monoisotopic (exact) mass is 404 g/mol. The summed E-state index contributed by atoms with van der Waals surface area (Å²) in [7, 11) is 0. The zero-order valence-electron chi connectivity index (χ0n) is 17.5. The molecule has 1 unspecified atom stereocenters. The number of anilines is 1. The molecule has 0 aliphatic carbocycles. The summed E-state index contributed by atoms with van der Waals surface area (Å²) in [4.78, 5) is 30.4. The fourth-order valence-electron chi connectivity index (χ4n) is 4.34. The van der Waals surface area contributed by atoms with E-state index in [1.807, 2.05) is 59.5 Å². The molecule has 5 nitrogen and oxygen atoms in total. The number of aliphatic hydroxyl groups is 1. The third-order valence-electron chi connectivity index (χ3n) is 6.03. The molecule has 4 rings (SSSR count). The summed E-state index contributed by atoms with van der Waals surface area (Å²) in [6.07, 6.45) is 1.82. The van der Waals surface area contributed by atoms with Gasteiger partial charge in [-0.3, -0.25) is 9.59 Å². The largest absolute Gasteiger partial charge is 0.396 e. The maximum atomic E-state index is 13.6. The molecular formula is C25H28N2O3. The highest BCUT2D eigenvalue weighted by atomic mass is 16.3. The lowest BCUT2D eigenvalue weighted by atomic mass is 9.97. The molecule has 2 amide bonds. The minimum absolute atomic E-state index is 0.0902. The Morgan fingerprint density at radius 3 is 2.33 bits per heavy atom. The molecule has 156 valence electrons. The first-order valence-corrected chi connectivity index (χ1v) is 10.7. The Kier molecular flexibility index (Phi) is 5.73. The van der Waals surface area contributed by atoms with Crippen molar-refractivity contribution >= 4 is 23.1 Å². The summed E-state index contributed by atoms with van der Waals surface area (Å²) in [6, 6.07) is 17.1. The van der Waals surface area contributed by atoms with Crippen LogP contribution in [0.25, 0.3) is 5.57 Å². The van der Waals surface area contributed by atoms with E-state index in [1.54, 1.807) is 0 Å². The number of likely N-dealkylation sites (tertiary alicyclic amines) is 1. The van der Waals surface area contributed by atoms with E-state index in [4.69, 9.17) is 0 Å². The van der Waals surface area contributed by atoms with Crippen molar-refractivity contribution in [2.24, 2.45) is 5.92 Å². The number of nitrogens with zero attached hydrogens (tertiary/aromatic N) is 2. The summed E-state index contributed by atoms with van der Waals surface area (Å²) in [5.74, 6) is -0.0775. The molecule has 2 aliphatic rings. The number of carbonyl (C=O) groups is 2. The van der Waals surface area contributed by atoms with E-state index < -0.39 is 0 Å². The van der Waals surface area contributed by atoms with Gasteiger partial charge >= 0.3 is 0 Å². The number of hydrogen-bond acceptors (Lipinski definition) is 4. The van der Waals surface area contributed by atoms with Crippen LogP contribution in [0.3, 0.4) is 0 Å². The average Bonchev–Trinajstić information content (AvgIpc) is 3.04. The van der Waals surface area contributed by atoms with Gasteiger partial charge in [-0.2, -0.15) is 0 Å². The molecule has 0 bridgehead atoms. The van der Waals surface area contributed by atoms with Crippen LogP contribution in [-0.4, -0.2) is 41.5 Å². The van der Waals surface area contributed by atoms with E-state index in [1.165, 1.54) is 4.90 Å². The van der Waals surface area contributed by atoms with Crippen molar-refractivity contribution in [3.05, 3.63) is 71.4 Å². The molecule has 0 aromatic heterocycles. The third-order valence-corrected chi connectivity index (χ3v) is 6.03. The molecule has 0 saturated carbocycles. The van der Waals surface area contributed by atoms with Gasteiger partial charge in [0.1, 0.15) is 5.70 Å². The Morgan fingerprint density at radius 1 is 1.00 bits per heavy atom. The van der Waals surface area contributed by atoms with Crippen LogP contribution in [0.2, 0.25) is 0 Å². The third kappa shape index (κ3) is 3.65. The maximum Gasteiger partial charge on any atom is 0.282 e. The van der Waals surface area contributed by atoms with Gasteiger partial charge < -0.3 is 10.0 Å². The number of aliphatic hydroxyl groups excluding tert-OH is 1. The van der Waals surface area contributed by atoms with Gasteiger partial charge in [-0.25, -0.2) is 4.90 Å². The average molecular weight is 405 g/mol. The van der Waals surface area contributed by atoms with Crippen LogP contribution in [-0.2, 0) is 9.59 Å². The molecule has 0 radical (unpaired) electrons. The van der Waals surface area contributed by atoms with Crippen molar-refractivity contribution in [2.75, 3.05) is 24.6 Å². The van der Waals surface area contributed by atoms with E-state index in [0.717, 1.165) is 24.0 Å². The van der Waals surface area contributed by atoms with Crippen LogP contribution in [0.1, 0.15) is 43.7 Å². The number of benzene rings is 2. The van der Waals surface area contributed by atoms with Gasteiger partial charge in [0, 0.05) is 19.7 Å². The van der Waals surface area contributed by atoms with E-state index in [-0.39, 0.29) is 24.3 Å². The lowest BCUT2D eigenvalue weighted by Gasteiger charge is -2.34.